The maximum absolute atomic E-state index is 12.8. The van der Waals surface area contributed by atoms with Crippen LogP contribution in [0.1, 0.15) is 20.8 Å². The number of aryl methyl sites for hydroxylation is 1. The highest BCUT2D eigenvalue weighted by atomic mass is 32.2. The zero-order valence-electron chi connectivity index (χ0n) is 14.2. The first-order chi connectivity index (χ1) is 11.4. The van der Waals surface area contributed by atoms with Crippen LogP contribution in [0.2, 0.25) is 0 Å². The average Bonchev–Trinajstić information content (AvgIpc) is 2.90. The molecule has 24 heavy (non-hydrogen) atoms. The van der Waals surface area contributed by atoms with E-state index < -0.39 is 10.0 Å². The molecule has 1 fully saturated rings. The van der Waals surface area contributed by atoms with E-state index in [2.05, 4.69) is 30.3 Å². The summed E-state index contributed by atoms with van der Waals surface area (Å²) in [5, 5.41) is 1.35. The number of morpholine rings is 1. The topological polar surface area (TPSA) is 64.4 Å². The van der Waals surface area contributed by atoms with Crippen LogP contribution in [-0.2, 0) is 21.3 Å². The third-order valence-corrected chi connectivity index (χ3v) is 6.84. The summed E-state index contributed by atoms with van der Waals surface area (Å²) in [5.41, 5.74) is 1.70. The number of imidazole rings is 1. The summed E-state index contributed by atoms with van der Waals surface area (Å²) in [7, 11) is -3.49. The Bertz CT molecular complexity index is 824. The van der Waals surface area contributed by atoms with E-state index in [9.17, 15) is 8.42 Å². The first kappa shape index (κ1) is 17.7. The minimum atomic E-state index is -3.49. The van der Waals surface area contributed by atoms with Crippen LogP contribution in [-0.4, -0.2) is 53.8 Å². The number of aromatic nitrogens is 2. The Morgan fingerprint density at radius 3 is 2.62 bits per heavy atom. The molecule has 8 heteroatoms. The normalized spacial score (nSPS) is 17.0. The Morgan fingerprint density at radius 2 is 2.00 bits per heavy atom. The van der Waals surface area contributed by atoms with Crippen molar-refractivity contribution in [2.45, 2.75) is 42.6 Å². The van der Waals surface area contributed by atoms with E-state index in [1.54, 1.807) is 23.9 Å². The Labute approximate surface area is 147 Å². The van der Waals surface area contributed by atoms with Crippen molar-refractivity contribution in [2.24, 2.45) is 0 Å². The number of hydrogen-bond acceptors (Lipinski definition) is 5. The summed E-state index contributed by atoms with van der Waals surface area (Å²) in [6, 6.07) is 5.24. The molecular formula is C16H23N3O3S2. The molecule has 0 saturated carbocycles. The molecule has 1 aliphatic rings. The second-order valence-corrected chi connectivity index (χ2v) is 9.45. The molecule has 0 atom stereocenters. The second-order valence-electron chi connectivity index (χ2n) is 5.97. The number of nitrogens with zero attached hydrogens (tertiary/aromatic N) is 3. The highest BCUT2D eigenvalue weighted by molar-refractivity contribution is 7.99. The lowest BCUT2D eigenvalue weighted by molar-refractivity contribution is 0.0730. The summed E-state index contributed by atoms with van der Waals surface area (Å²) < 4.78 is 34.5. The fourth-order valence-electron chi connectivity index (χ4n) is 2.79. The van der Waals surface area contributed by atoms with Crippen LogP contribution in [0.3, 0.4) is 0 Å². The van der Waals surface area contributed by atoms with E-state index in [1.165, 1.54) is 4.31 Å². The highest BCUT2D eigenvalue weighted by Crippen LogP contribution is 2.29. The molecule has 1 saturated heterocycles. The van der Waals surface area contributed by atoms with Gasteiger partial charge in [0.1, 0.15) is 0 Å². The molecule has 0 aliphatic carbocycles. The predicted octanol–water partition coefficient (Wildman–Crippen LogP) is 2.58. The van der Waals surface area contributed by atoms with Crippen molar-refractivity contribution in [1.82, 2.24) is 13.9 Å². The smallest absolute Gasteiger partial charge is 0.243 e. The Balaban J connectivity index is 2.02. The molecule has 6 nitrogen and oxygen atoms in total. The van der Waals surface area contributed by atoms with Gasteiger partial charge in [0.2, 0.25) is 10.0 Å². The molecule has 0 bridgehead atoms. The Morgan fingerprint density at radius 1 is 1.29 bits per heavy atom. The van der Waals surface area contributed by atoms with Crippen LogP contribution in [0, 0.1) is 0 Å². The number of thioether (sulfide) groups is 1. The van der Waals surface area contributed by atoms with Gasteiger partial charge in [0, 0.05) is 24.9 Å². The minimum Gasteiger partial charge on any atom is -0.379 e. The lowest BCUT2D eigenvalue weighted by Gasteiger charge is -2.26. The van der Waals surface area contributed by atoms with Crippen molar-refractivity contribution >= 4 is 32.8 Å². The van der Waals surface area contributed by atoms with Crippen LogP contribution >= 0.6 is 11.8 Å². The van der Waals surface area contributed by atoms with E-state index in [-0.39, 0.29) is 0 Å². The van der Waals surface area contributed by atoms with Crippen LogP contribution in [0.4, 0.5) is 0 Å². The summed E-state index contributed by atoms with van der Waals surface area (Å²) >= 11 is 1.69. The monoisotopic (exact) mass is 369 g/mol. The van der Waals surface area contributed by atoms with Crippen molar-refractivity contribution in [3.63, 3.8) is 0 Å². The van der Waals surface area contributed by atoms with Gasteiger partial charge in [0.15, 0.2) is 5.16 Å². The van der Waals surface area contributed by atoms with Crippen LogP contribution in [0.5, 0.6) is 0 Å². The SMILES string of the molecule is CCn1c(SC(C)C)nc2cc(S(=O)(=O)N3CCOCC3)ccc21. The second kappa shape index (κ2) is 7.03. The lowest BCUT2D eigenvalue weighted by Crippen LogP contribution is -2.40. The summed E-state index contributed by atoms with van der Waals surface area (Å²) in [6.45, 7) is 8.82. The summed E-state index contributed by atoms with van der Waals surface area (Å²) in [4.78, 5) is 4.97. The van der Waals surface area contributed by atoms with Gasteiger partial charge in [-0.2, -0.15) is 4.31 Å². The van der Waals surface area contributed by atoms with Crippen molar-refractivity contribution < 1.29 is 13.2 Å². The standard InChI is InChI=1S/C16H23N3O3S2/c1-4-19-15-6-5-13(11-14(15)17-16(19)23-12(2)3)24(20,21)18-7-9-22-10-8-18/h5-6,11-12H,4,7-10H2,1-3H3. The fraction of sp³-hybridized carbons (Fsp3) is 0.562. The van der Waals surface area contributed by atoms with E-state index in [1.807, 2.05) is 6.07 Å². The number of hydrogen-bond donors (Lipinski definition) is 0. The van der Waals surface area contributed by atoms with Crippen molar-refractivity contribution in [2.75, 3.05) is 26.3 Å². The van der Waals surface area contributed by atoms with Gasteiger partial charge in [0.05, 0.1) is 29.1 Å². The van der Waals surface area contributed by atoms with Gasteiger partial charge in [-0.05, 0) is 25.1 Å². The molecule has 132 valence electrons. The summed E-state index contributed by atoms with van der Waals surface area (Å²) in [5.74, 6) is 0. The quantitative estimate of drug-likeness (QED) is 0.758. The van der Waals surface area contributed by atoms with Gasteiger partial charge in [-0.25, -0.2) is 13.4 Å². The van der Waals surface area contributed by atoms with Gasteiger partial charge in [-0.1, -0.05) is 25.6 Å². The van der Waals surface area contributed by atoms with Crippen molar-refractivity contribution in [3.05, 3.63) is 18.2 Å². The molecule has 1 aromatic heterocycles. The van der Waals surface area contributed by atoms with Gasteiger partial charge in [0.25, 0.3) is 0 Å². The molecule has 0 amide bonds. The first-order valence-electron chi connectivity index (χ1n) is 8.18. The van der Waals surface area contributed by atoms with Gasteiger partial charge in [-0.3, -0.25) is 0 Å². The molecule has 0 unspecified atom stereocenters. The lowest BCUT2D eigenvalue weighted by atomic mass is 10.3. The number of rotatable bonds is 5. The molecule has 1 aliphatic heterocycles. The van der Waals surface area contributed by atoms with E-state index in [0.717, 1.165) is 22.7 Å². The average molecular weight is 370 g/mol. The molecule has 3 rings (SSSR count). The van der Waals surface area contributed by atoms with E-state index >= 15 is 0 Å². The van der Waals surface area contributed by atoms with Crippen LogP contribution in [0.25, 0.3) is 11.0 Å². The third-order valence-electron chi connectivity index (χ3n) is 3.95. The van der Waals surface area contributed by atoms with Gasteiger partial charge in [-0.15, -0.1) is 0 Å². The van der Waals surface area contributed by atoms with E-state index in [4.69, 9.17) is 4.74 Å². The Kier molecular flexibility index (Phi) is 5.19. The number of fused-ring (bicyclic) bond motifs is 1. The zero-order valence-corrected chi connectivity index (χ0v) is 15.9. The molecule has 0 radical (unpaired) electrons. The molecule has 0 N–H and O–H groups in total. The van der Waals surface area contributed by atoms with Crippen LogP contribution < -0.4 is 0 Å². The molecular weight excluding hydrogens is 346 g/mol. The van der Waals surface area contributed by atoms with Crippen LogP contribution in [0.15, 0.2) is 28.3 Å². The molecule has 0 spiro atoms. The molecule has 2 heterocycles. The fourth-order valence-corrected chi connectivity index (χ4v) is 5.15. The zero-order chi connectivity index (χ0) is 17.3. The number of ether oxygens (including phenoxy) is 1. The van der Waals surface area contributed by atoms with Gasteiger partial charge >= 0.3 is 0 Å². The Hall–Kier alpha value is -1.09. The maximum Gasteiger partial charge on any atom is 0.243 e. The number of sulfonamides is 1. The predicted molar refractivity (Wildman–Crippen MR) is 96.0 cm³/mol. The summed E-state index contributed by atoms with van der Waals surface area (Å²) in [6.07, 6.45) is 0. The maximum atomic E-state index is 12.8. The third kappa shape index (κ3) is 3.33. The van der Waals surface area contributed by atoms with Crippen molar-refractivity contribution in [1.29, 1.82) is 0 Å². The van der Waals surface area contributed by atoms with E-state index in [0.29, 0.717) is 36.4 Å². The highest BCUT2D eigenvalue weighted by Gasteiger charge is 2.27. The molecule has 1 aromatic carbocycles. The first-order valence-corrected chi connectivity index (χ1v) is 10.5. The minimum absolute atomic E-state index is 0.304. The largest absolute Gasteiger partial charge is 0.379 e. The molecule has 2 aromatic rings. The van der Waals surface area contributed by atoms with Gasteiger partial charge < -0.3 is 9.30 Å². The van der Waals surface area contributed by atoms with Crippen molar-refractivity contribution in [3.8, 4) is 0 Å². The number of benzene rings is 1.